The third-order valence-electron chi connectivity index (χ3n) is 7.42. The van der Waals surface area contributed by atoms with E-state index >= 15 is 0 Å². The molecule has 2 fully saturated rings. The van der Waals surface area contributed by atoms with E-state index in [2.05, 4.69) is 31.2 Å². The highest BCUT2D eigenvalue weighted by atomic mass is 16.4. The van der Waals surface area contributed by atoms with Crippen LogP contribution in [0, 0.1) is 6.92 Å². The van der Waals surface area contributed by atoms with Crippen molar-refractivity contribution in [2.75, 3.05) is 6.54 Å². The van der Waals surface area contributed by atoms with Crippen LogP contribution in [0.15, 0.2) is 60.7 Å². The molecule has 1 saturated carbocycles. The fraction of sp³-hybridized carbons (Fsp3) is 0.429. The minimum absolute atomic E-state index is 0.0121. The summed E-state index contributed by atoms with van der Waals surface area (Å²) in [5.41, 5.74) is 3.44. The van der Waals surface area contributed by atoms with Gasteiger partial charge in [0.05, 0.1) is 17.7 Å². The number of nitrogens with zero attached hydrogens (tertiary/aromatic N) is 1. The maximum atomic E-state index is 12.5. The zero-order valence-electron chi connectivity index (χ0n) is 19.2. The second kappa shape index (κ2) is 9.92. The van der Waals surface area contributed by atoms with E-state index in [1.165, 1.54) is 11.1 Å². The van der Waals surface area contributed by atoms with Gasteiger partial charge in [0.15, 0.2) is 0 Å². The summed E-state index contributed by atoms with van der Waals surface area (Å²) in [4.78, 5) is 25.4. The lowest BCUT2D eigenvalue weighted by atomic mass is 9.73. The highest BCUT2D eigenvalue weighted by Gasteiger charge is 2.41. The van der Waals surface area contributed by atoms with Crippen molar-refractivity contribution in [1.82, 2.24) is 4.90 Å². The van der Waals surface area contributed by atoms with Crippen LogP contribution < -0.4 is 0 Å². The summed E-state index contributed by atoms with van der Waals surface area (Å²) in [7, 11) is 0. The van der Waals surface area contributed by atoms with Gasteiger partial charge in [-0.3, -0.25) is 4.79 Å². The lowest BCUT2D eigenvalue weighted by molar-refractivity contribution is -0.128. The van der Waals surface area contributed by atoms with Gasteiger partial charge in [0, 0.05) is 18.4 Å². The number of carboxylic acids is 1. The number of hydrogen-bond donors (Lipinski definition) is 2. The highest BCUT2D eigenvalue weighted by Crippen LogP contribution is 2.44. The van der Waals surface area contributed by atoms with Crippen molar-refractivity contribution in [1.29, 1.82) is 0 Å². The van der Waals surface area contributed by atoms with E-state index in [-0.39, 0.29) is 22.9 Å². The van der Waals surface area contributed by atoms with Crippen LogP contribution in [0.1, 0.15) is 65.6 Å². The number of carbonyl (C=O) groups is 2. The van der Waals surface area contributed by atoms with Gasteiger partial charge in [-0.2, -0.15) is 0 Å². The standard InChI is InChI=1S/C28H33NO4/c1-20-4-10-23(11-5-20)28(17-2-3-18-28)25(30)14-12-24-13-15-26(31)29(24)19-16-21-6-8-22(9-7-21)27(32)33/h4-12,14,24-25,30H,2-3,13,15-19H2,1H3,(H,32,33)/b14-12+/t24-,25-/m0/s1. The molecule has 4 rings (SSSR count). The Morgan fingerprint density at radius 3 is 2.42 bits per heavy atom. The Labute approximate surface area is 195 Å². The van der Waals surface area contributed by atoms with Crippen LogP contribution in [0.2, 0.25) is 0 Å². The molecule has 0 aromatic heterocycles. The number of amides is 1. The number of carboxylic acid groups (broad SMARTS) is 1. The SMILES string of the molecule is Cc1ccc(C2([C@@H](O)/C=C/[C@H]3CCC(=O)N3CCc3ccc(C(=O)O)cc3)CCCC2)cc1. The highest BCUT2D eigenvalue weighted by molar-refractivity contribution is 5.87. The van der Waals surface area contributed by atoms with Crippen molar-refractivity contribution in [2.24, 2.45) is 0 Å². The number of rotatable bonds is 8. The quantitative estimate of drug-likeness (QED) is 0.577. The summed E-state index contributed by atoms with van der Waals surface area (Å²) < 4.78 is 0. The summed E-state index contributed by atoms with van der Waals surface area (Å²) in [6, 6.07) is 15.3. The van der Waals surface area contributed by atoms with Gasteiger partial charge in [-0.25, -0.2) is 4.79 Å². The topological polar surface area (TPSA) is 77.8 Å². The van der Waals surface area contributed by atoms with Crippen LogP contribution in [-0.4, -0.2) is 45.7 Å². The van der Waals surface area contributed by atoms with Gasteiger partial charge < -0.3 is 15.1 Å². The summed E-state index contributed by atoms with van der Waals surface area (Å²) >= 11 is 0. The zero-order chi connectivity index (χ0) is 23.4. The van der Waals surface area contributed by atoms with Crippen LogP contribution in [0.5, 0.6) is 0 Å². The number of aliphatic hydroxyl groups is 1. The Balaban J connectivity index is 1.43. The fourth-order valence-electron chi connectivity index (χ4n) is 5.37. The van der Waals surface area contributed by atoms with Gasteiger partial charge in [-0.1, -0.05) is 67.0 Å². The molecule has 1 saturated heterocycles. The number of hydrogen-bond acceptors (Lipinski definition) is 3. The minimum Gasteiger partial charge on any atom is -0.478 e. The Hall–Kier alpha value is -2.92. The van der Waals surface area contributed by atoms with E-state index in [1.54, 1.807) is 12.1 Å². The normalized spacial score (nSPS) is 21.1. The number of likely N-dealkylation sites (tertiary alicyclic amines) is 1. The van der Waals surface area contributed by atoms with E-state index in [1.807, 2.05) is 29.2 Å². The maximum absolute atomic E-state index is 12.5. The molecule has 2 atom stereocenters. The summed E-state index contributed by atoms with van der Waals surface area (Å²) in [5.74, 6) is -0.805. The number of carbonyl (C=O) groups excluding carboxylic acids is 1. The van der Waals surface area contributed by atoms with Crippen molar-refractivity contribution in [2.45, 2.75) is 69.4 Å². The van der Waals surface area contributed by atoms with E-state index < -0.39 is 12.1 Å². The molecule has 2 aromatic carbocycles. The molecule has 5 heteroatoms. The molecular formula is C28H33NO4. The van der Waals surface area contributed by atoms with Gasteiger partial charge in [-0.05, 0) is 55.9 Å². The molecule has 174 valence electrons. The molecule has 0 bridgehead atoms. The average Bonchev–Trinajstić information content (AvgIpc) is 3.44. The smallest absolute Gasteiger partial charge is 0.335 e. The van der Waals surface area contributed by atoms with Crippen LogP contribution in [0.3, 0.4) is 0 Å². The Bertz CT molecular complexity index is 1000. The summed E-state index contributed by atoms with van der Waals surface area (Å²) in [5, 5.41) is 20.3. The predicted octanol–water partition coefficient (Wildman–Crippen LogP) is 4.66. The number of aliphatic hydroxyl groups excluding tert-OH is 1. The van der Waals surface area contributed by atoms with Gasteiger partial charge in [0.25, 0.3) is 0 Å². The lowest BCUT2D eigenvalue weighted by Crippen LogP contribution is -2.37. The molecule has 2 N–H and O–H groups in total. The Kier molecular flexibility index (Phi) is 6.99. The first kappa shape index (κ1) is 23.2. The number of aryl methyl sites for hydroxylation is 1. The van der Waals surface area contributed by atoms with E-state index in [0.29, 0.717) is 19.4 Å². The van der Waals surface area contributed by atoms with Crippen molar-refractivity contribution >= 4 is 11.9 Å². The third kappa shape index (κ3) is 5.03. The molecule has 1 aliphatic heterocycles. The first-order chi connectivity index (χ1) is 15.9. The van der Waals surface area contributed by atoms with Crippen LogP contribution in [0.25, 0.3) is 0 Å². The predicted molar refractivity (Wildman–Crippen MR) is 128 cm³/mol. The molecule has 5 nitrogen and oxygen atoms in total. The molecule has 2 aliphatic rings. The minimum atomic E-state index is -0.939. The van der Waals surface area contributed by atoms with Gasteiger partial charge in [0.1, 0.15) is 0 Å². The fourth-order valence-corrected chi connectivity index (χ4v) is 5.37. The van der Waals surface area contributed by atoms with Crippen LogP contribution >= 0.6 is 0 Å². The van der Waals surface area contributed by atoms with Crippen LogP contribution in [0.4, 0.5) is 0 Å². The second-order valence-electron chi connectivity index (χ2n) is 9.50. The molecule has 0 unspecified atom stereocenters. The average molecular weight is 448 g/mol. The molecule has 0 radical (unpaired) electrons. The van der Waals surface area contributed by atoms with Crippen molar-refractivity contribution in [3.8, 4) is 0 Å². The molecular weight excluding hydrogens is 414 g/mol. The number of benzene rings is 2. The second-order valence-corrected chi connectivity index (χ2v) is 9.50. The molecule has 0 spiro atoms. The van der Waals surface area contributed by atoms with Crippen molar-refractivity contribution < 1.29 is 19.8 Å². The third-order valence-corrected chi connectivity index (χ3v) is 7.42. The summed E-state index contributed by atoms with van der Waals surface area (Å²) in [6.07, 6.45) is 9.50. The molecule has 1 heterocycles. The number of aromatic carboxylic acids is 1. The monoisotopic (exact) mass is 447 g/mol. The zero-order valence-corrected chi connectivity index (χ0v) is 19.2. The first-order valence-electron chi connectivity index (χ1n) is 11.9. The molecule has 1 aliphatic carbocycles. The van der Waals surface area contributed by atoms with E-state index in [4.69, 9.17) is 5.11 Å². The summed E-state index contributed by atoms with van der Waals surface area (Å²) in [6.45, 7) is 2.66. The lowest BCUT2D eigenvalue weighted by Gasteiger charge is -2.34. The molecule has 1 amide bonds. The van der Waals surface area contributed by atoms with E-state index in [0.717, 1.165) is 37.7 Å². The Morgan fingerprint density at radius 2 is 1.79 bits per heavy atom. The maximum Gasteiger partial charge on any atom is 0.335 e. The van der Waals surface area contributed by atoms with Crippen molar-refractivity contribution in [3.05, 3.63) is 82.9 Å². The Morgan fingerprint density at radius 1 is 1.12 bits per heavy atom. The van der Waals surface area contributed by atoms with Gasteiger partial charge >= 0.3 is 5.97 Å². The largest absolute Gasteiger partial charge is 0.478 e. The van der Waals surface area contributed by atoms with Crippen molar-refractivity contribution in [3.63, 3.8) is 0 Å². The van der Waals surface area contributed by atoms with E-state index in [9.17, 15) is 14.7 Å². The van der Waals surface area contributed by atoms with Gasteiger partial charge in [0.2, 0.25) is 5.91 Å². The first-order valence-corrected chi connectivity index (χ1v) is 11.9. The van der Waals surface area contributed by atoms with Crippen LogP contribution in [-0.2, 0) is 16.6 Å². The molecule has 2 aromatic rings. The molecule has 33 heavy (non-hydrogen) atoms. The van der Waals surface area contributed by atoms with Gasteiger partial charge in [-0.15, -0.1) is 0 Å².